The summed E-state index contributed by atoms with van der Waals surface area (Å²) in [7, 11) is 0. The second-order valence-corrected chi connectivity index (χ2v) is 5.33. The molecule has 23 heavy (non-hydrogen) atoms. The first-order valence-electron chi connectivity index (χ1n) is 7.59. The number of aryl methyl sites for hydroxylation is 1. The van der Waals surface area contributed by atoms with Crippen LogP contribution in [0.25, 0.3) is 11.3 Å². The van der Waals surface area contributed by atoms with Gasteiger partial charge in [-0.3, -0.25) is 9.78 Å². The van der Waals surface area contributed by atoms with Crippen molar-refractivity contribution in [3.8, 4) is 11.3 Å². The molecular formula is C19H18N2O2. The lowest BCUT2D eigenvalue weighted by Crippen LogP contribution is -2.23. The Labute approximate surface area is 135 Å². The molecular weight excluding hydrogens is 288 g/mol. The largest absolute Gasteiger partial charge is 0.472 e. The van der Waals surface area contributed by atoms with Gasteiger partial charge in [-0.2, -0.15) is 0 Å². The molecule has 3 rings (SSSR count). The van der Waals surface area contributed by atoms with Crippen LogP contribution >= 0.6 is 0 Å². The van der Waals surface area contributed by atoms with Crippen LogP contribution in [0.5, 0.6) is 0 Å². The third-order valence-electron chi connectivity index (χ3n) is 3.61. The number of hydrogen-bond donors (Lipinski definition) is 1. The fourth-order valence-corrected chi connectivity index (χ4v) is 2.30. The number of nitrogens with zero attached hydrogens (tertiary/aromatic N) is 1. The maximum absolute atomic E-state index is 11.9. The van der Waals surface area contributed by atoms with Gasteiger partial charge in [-0.1, -0.05) is 36.4 Å². The van der Waals surface area contributed by atoms with Crippen molar-refractivity contribution in [1.82, 2.24) is 10.3 Å². The Morgan fingerprint density at radius 1 is 1.04 bits per heavy atom. The van der Waals surface area contributed by atoms with Crippen LogP contribution in [0.2, 0.25) is 0 Å². The molecule has 0 aliphatic rings. The predicted octanol–water partition coefficient (Wildman–Crippen LogP) is 3.59. The minimum Gasteiger partial charge on any atom is -0.472 e. The Kier molecular flexibility index (Phi) is 4.84. The van der Waals surface area contributed by atoms with Crippen molar-refractivity contribution in [3.63, 3.8) is 0 Å². The van der Waals surface area contributed by atoms with Crippen molar-refractivity contribution in [2.24, 2.45) is 0 Å². The number of furan rings is 1. The van der Waals surface area contributed by atoms with Gasteiger partial charge >= 0.3 is 0 Å². The fraction of sp³-hybridized carbons (Fsp3) is 0.158. The zero-order valence-corrected chi connectivity index (χ0v) is 12.7. The molecule has 2 aromatic heterocycles. The molecule has 2 heterocycles. The van der Waals surface area contributed by atoms with Crippen LogP contribution in [0.4, 0.5) is 0 Å². The Hall–Kier alpha value is -2.88. The van der Waals surface area contributed by atoms with E-state index in [1.807, 2.05) is 48.5 Å². The van der Waals surface area contributed by atoms with E-state index in [2.05, 4.69) is 10.3 Å². The van der Waals surface area contributed by atoms with Gasteiger partial charge in [0.2, 0.25) is 5.91 Å². The van der Waals surface area contributed by atoms with Crippen LogP contribution in [-0.2, 0) is 17.8 Å². The minimum absolute atomic E-state index is 0.0489. The number of aromatic nitrogens is 1. The van der Waals surface area contributed by atoms with Crippen molar-refractivity contribution >= 4 is 5.91 Å². The lowest BCUT2D eigenvalue weighted by atomic mass is 10.1. The van der Waals surface area contributed by atoms with Crippen molar-refractivity contribution in [2.75, 3.05) is 0 Å². The van der Waals surface area contributed by atoms with Gasteiger partial charge in [0.25, 0.3) is 0 Å². The summed E-state index contributed by atoms with van der Waals surface area (Å²) < 4.78 is 5.04. The lowest BCUT2D eigenvalue weighted by Gasteiger charge is -2.06. The van der Waals surface area contributed by atoms with Crippen LogP contribution in [-0.4, -0.2) is 10.9 Å². The molecule has 0 spiro atoms. The fourth-order valence-electron chi connectivity index (χ4n) is 2.30. The van der Waals surface area contributed by atoms with E-state index < -0.39 is 0 Å². The smallest absolute Gasteiger partial charge is 0.220 e. The molecule has 0 saturated carbocycles. The van der Waals surface area contributed by atoms with Gasteiger partial charge in [0.05, 0.1) is 18.2 Å². The summed E-state index contributed by atoms with van der Waals surface area (Å²) in [6, 6.07) is 15.8. The van der Waals surface area contributed by atoms with Gasteiger partial charge in [-0.05, 0) is 29.7 Å². The van der Waals surface area contributed by atoms with E-state index in [4.69, 9.17) is 4.42 Å². The lowest BCUT2D eigenvalue weighted by molar-refractivity contribution is -0.121. The van der Waals surface area contributed by atoms with Gasteiger partial charge in [0.15, 0.2) is 0 Å². The summed E-state index contributed by atoms with van der Waals surface area (Å²) in [6.07, 6.45) is 6.31. The highest BCUT2D eigenvalue weighted by Gasteiger charge is 2.04. The molecule has 116 valence electrons. The standard InChI is InChI=1S/C19H18N2O2/c22-19(9-7-15-4-2-1-3-5-15)21-13-16-6-8-18(20-12-16)17-10-11-23-14-17/h1-6,8,10-12,14H,7,9,13H2,(H,21,22). The molecule has 4 heteroatoms. The van der Waals surface area contributed by atoms with E-state index in [9.17, 15) is 4.79 Å². The third-order valence-corrected chi connectivity index (χ3v) is 3.61. The quantitative estimate of drug-likeness (QED) is 0.757. The monoisotopic (exact) mass is 306 g/mol. The third kappa shape index (κ3) is 4.30. The minimum atomic E-state index is 0.0489. The summed E-state index contributed by atoms with van der Waals surface area (Å²) >= 11 is 0. The van der Waals surface area contributed by atoms with E-state index in [1.54, 1.807) is 18.7 Å². The van der Waals surface area contributed by atoms with E-state index in [0.29, 0.717) is 13.0 Å². The molecule has 1 N–H and O–H groups in total. The first-order valence-corrected chi connectivity index (χ1v) is 7.59. The molecule has 0 aliphatic carbocycles. The summed E-state index contributed by atoms with van der Waals surface area (Å²) in [5.74, 6) is 0.0489. The molecule has 0 unspecified atom stereocenters. The first kappa shape index (κ1) is 15.0. The average molecular weight is 306 g/mol. The SMILES string of the molecule is O=C(CCc1ccccc1)NCc1ccc(-c2ccoc2)nc1. The van der Waals surface area contributed by atoms with Gasteiger partial charge in [0.1, 0.15) is 0 Å². The second-order valence-electron chi connectivity index (χ2n) is 5.33. The number of pyridine rings is 1. The molecule has 4 nitrogen and oxygen atoms in total. The molecule has 0 radical (unpaired) electrons. The highest BCUT2D eigenvalue weighted by molar-refractivity contribution is 5.76. The Balaban J connectivity index is 1.47. The summed E-state index contributed by atoms with van der Waals surface area (Å²) in [5.41, 5.74) is 3.96. The van der Waals surface area contributed by atoms with Gasteiger partial charge < -0.3 is 9.73 Å². The van der Waals surface area contributed by atoms with E-state index in [-0.39, 0.29) is 5.91 Å². The maximum atomic E-state index is 11.9. The second kappa shape index (κ2) is 7.40. The Morgan fingerprint density at radius 3 is 2.61 bits per heavy atom. The van der Waals surface area contributed by atoms with Crippen molar-refractivity contribution < 1.29 is 9.21 Å². The van der Waals surface area contributed by atoms with Crippen molar-refractivity contribution in [1.29, 1.82) is 0 Å². The highest BCUT2D eigenvalue weighted by atomic mass is 16.3. The molecule has 1 aromatic carbocycles. The molecule has 3 aromatic rings. The van der Waals surface area contributed by atoms with E-state index in [0.717, 1.165) is 23.2 Å². The number of carbonyl (C=O) groups is 1. The summed E-state index contributed by atoms with van der Waals surface area (Å²) in [6.45, 7) is 0.492. The van der Waals surface area contributed by atoms with Gasteiger partial charge in [-0.15, -0.1) is 0 Å². The Bertz CT molecular complexity index is 735. The predicted molar refractivity (Wildman–Crippen MR) is 88.5 cm³/mol. The molecule has 0 atom stereocenters. The Morgan fingerprint density at radius 2 is 1.91 bits per heavy atom. The zero-order valence-electron chi connectivity index (χ0n) is 12.7. The number of nitrogens with one attached hydrogen (secondary N) is 1. The van der Waals surface area contributed by atoms with Crippen molar-refractivity contribution in [3.05, 3.63) is 78.4 Å². The number of hydrogen-bond acceptors (Lipinski definition) is 3. The average Bonchev–Trinajstić information content (AvgIpc) is 3.14. The first-order chi connectivity index (χ1) is 11.3. The van der Waals surface area contributed by atoms with Gasteiger partial charge in [-0.25, -0.2) is 0 Å². The summed E-state index contributed by atoms with van der Waals surface area (Å²) in [5, 5.41) is 2.93. The maximum Gasteiger partial charge on any atom is 0.220 e. The van der Waals surface area contributed by atoms with Gasteiger partial charge in [0, 0.05) is 24.7 Å². The van der Waals surface area contributed by atoms with E-state index >= 15 is 0 Å². The topological polar surface area (TPSA) is 55.1 Å². The zero-order chi connectivity index (χ0) is 15.9. The summed E-state index contributed by atoms with van der Waals surface area (Å²) in [4.78, 5) is 16.3. The van der Waals surface area contributed by atoms with Crippen LogP contribution in [0.1, 0.15) is 17.5 Å². The number of benzene rings is 1. The van der Waals surface area contributed by atoms with Crippen LogP contribution in [0, 0.1) is 0 Å². The molecule has 0 bridgehead atoms. The molecule has 0 aliphatic heterocycles. The number of rotatable bonds is 6. The van der Waals surface area contributed by atoms with Crippen molar-refractivity contribution in [2.45, 2.75) is 19.4 Å². The molecule has 0 saturated heterocycles. The van der Waals surface area contributed by atoms with Crippen LogP contribution in [0.15, 0.2) is 71.7 Å². The molecule has 0 fully saturated rings. The normalized spacial score (nSPS) is 10.4. The van der Waals surface area contributed by atoms with E-state index in [1.165, 1.54) is 5.56 Å². The highest BCUT2D eigenvalue weighted by Crippen LogP contribution is 2.17. The van der Waals surface area contributed by atoms with Crippen LogP contribution < -0.4 is 5.32 Å². The molecule has 1 amide bonds. The number of amides is 1. The number of carbonyl (C=O) groups excluding carboxylic acids is 1. The van der Waals surface area contributed by atoms with Crippen LogP contribution in [0.3, 0.4) is 0 Å².